The molecule has 17 heavy (non-hydrogen) atoms. The topological polar surface area (TPSA) is 72.2 Å². The van der Waals surface area contributed by atoms with E-state index in [-0.39, 0.29) is 11.5 Å². The van der Waals surface area contributed by atoms with Crippen LogP contribution in [0.5, 0.6) is 0 Å². The Morgan fingerprint density at radius 1 is 1.24 bits per heavy atom. The number of non-ortho nitro benzene ring substituents is 1. The summed E-state index contributed by atoms with van der Waals surface area (Å²) in [5.41, 5.74) is 1.32. The lowest BCUT2D eigenvalue weighted by molar-refractivity contribution is -0.384. The van der Waals surface area contributed by atoms with Crippen molar-refractivity contribution in [1.82, 2.24) is 0 Å². The number of nitro groups is 1. The van der Waals surface area contributed by atoms with Gasteiger partial charge in [-0.05, 0) is 25.0 Å². The van der Waals surface area contributed by atoms with Gasteiger partial charge in [0.05, 0.1) is 10.6 Å². The van der Waals surface area contributed by atoms with Gasteiger partial charge in [0.1, 0.15) is 0 Å². The van der Waals surface area contributed by atoms with Gasteiger partial charge in [0, 0.05) is 24.2 Å². The van der Waals surface area contributed by atoms with Crippen LogP contribution in [-0.4, -0.2) is 10.7 Å². The Morgan fingerprint density at radius 2 is 1.94 bits per heavy atom. The van der Waals surface area contributed by atoms with Crippen LogP contribution in [0.1, 0.15) is 19.3 Å². The Labute approximate surface area is 98.3 Å². The van der Waals surface area contributed by atoms with Crippen molar-refractivity contribution in [1.29, 1.82) is 0 Å². The largest absolute Gasteiger partial charge is 0.353 e. The number of rotatable bonds is 3. The zero-order chi connectivity index (χ0) is 12.3. The molecule has 0 spiro atoms. The van der Waals surface area contributed by atoms with Gasteiger partial charge in [-0.25, -0.2) is 0 Å². The summed E-state index contributed by atoms with van der Waals surface area (Å²) < 4.78 is 0. The van der Waals surface area contributed by atoms with Crippen LogP contribution in [0.25, 0.3) is 0 Å². The fourth-order valence-corrected chi connectivity index (χ4v) is 1.70. The number of benzene rings is 1. The van der Waals surface area contributed by atoms with Crippen LogP contribution in [0.15, 0.2) is 36.0 Å². The summed E-state index contributed by atoms with van der Waals surface area (Å²) in [6, 6.07) is 6.02. The quantitative estimate of drug-likeness (QED) is 0.642. The molecule has 1 aromatic carbocycles. The van der Waals surface area contributed by atoms with E-state index < -0.39 is 4.92 Å². The average Bonchev–Trinajstić information content (AvgIpc) is 2.33. The predicted molar refractivity (Wildman–Crippen MR) is 63.7 cm³/mol. The summed E-state index contributed by atoms with van der Waals surface area (Å²) in [6.07, 6.45) is 4.21. The second kappa shape index (κ2) is 4.78. The number of carbonyl (C=O) groups is 1. The number of hydrogen-bond donors (Lipinski definition) is 1. The maximum absolute atomic E-state index is 11.5. The Balaban J connectivity index is 2.11. The molecule has 0 amide bonds. The van der Waals surface area contributed by atoms with Gasteiger partial charge in [-0.2, -0.15) is 0 Å². The van der Waals surface area contributed by atoms with Crippen molar-refractivity contribution < 1.29 is 9.72 Å². The van der Waals surface area contributed by atoms with E-state index in [1.54, 1.807) is 12.1 Å². The van der Waals surface area contributed by atoms with Crippen molar-refractivity contribution in [2.24, 2.45) is 0 Å². The van der Waals surface area contributed by atoms with Gasteiger partial charge in [0.25, 0.3) is 5.69 Å². The van der Waals surface area contributed by atoms with Gasteiger partial charge < -0.3 is 5.32 Å². The first kappa shape index (κ1) is 11.3. The second-order valence-electron chi connectivity index (χ2n) is 3.86. The Morgan fingerprint density at radius 3 is 2.53 bits per heavy atom. The maximum Gasteiger partial charge on any atom is 0.269 e. The number of ketones is 1. The van der Waals surface area contributed by atoms with Crippen LogP contribution in [0.3, 0.4) is 0 Å². The molecule has 0 saturated heterocycles. The molecule has 5 heteroatoms. The van der Waals surface area contributed by atoms with Crippen molar-refractivity contribution >= 4 is 17.2 Å². The normalized spacial score (nSPS) is 15.3. The summed E-state index contributed by atoms with van der Waals surface area (Å²) in [7, 11) is 0. The number of nitro benzene ring substituents is 1. The number of nitrogens with zero attached hydrogens (tertiary/aromatic N) is 1. The molecular formula is C12H12N2O3. The third kappa shape index (κ3) is 2.69. The van der Waals surface area contributed by atoms with Gasteiger partial charge in [-0.1, -0.05) is 6.08 Å². The summed E-state index contributed by atoms with van der Waals surface area (Å²) in [4.78, 5) is 21.6. The molecule has 1 aliphatic carbocycles. The van der Waals surface area contributed by atoms with Crippen molar-refractivity contribution in [3.05, 3.63) is 46.2 Å². The molecule has 1 aliphatic rings. The van der Waals surface area contributed by atoms with E-state index in [4.69, 9.17) is 0 Å². The Kier molecular flexibility index (Phi) is 3.18. The first-order chi connectivity index (χ1) is 8.16. The number of hydrogen-bond acceptors (Lipinski definition) is 4. The number of carbonyl (C=O) groups excluding carboxylic acids is 1. The van der Waals surface area contributed by atoms with Gasteiger partial charge >= 0.3 is 0 Å². The van der Waals surface area contributed by atoms with Crippen LogP contribution in [-0.2, 0) is 4.79 Å². The predicted octanol–water partition coefficient (Wildman–Crippen LogP) is 2.64. The van der Waals surface area contributed by atoms with Crippen molar-refractivity contribution in [2.45, 2.75) is 19.3 Å². The molecule has 0 heterocycles. The molecule has 0 aliphatic heterocycles. The lowest BCUT2D eigenvalue weighted by atomic mass is 10.0. The molecule has 1 aromatic rings. The van der Waals surface area contributed by atoms with E-state index in [0.717, 1.165) is 12.8 Å². The molecule has 0 radical (unpaired) electrons. The molecule has 88 valence electrons. The van der Waals surface area contributed by atoms with Crippen molar-refractivity contribution in [3.63, 3.8) is 0 Å². The summed E-state index contributed by atoms with van der Waals surface area (Å²) in [5, 5.41) is 13.5. The van der Waals surface area contributed by atoms with Crippen molar-refractivity contribution in [3.8, 4) is 0 Å². The minimum Gasteiger partial charge on any atom is -0.353 e. The molecule has 5 nitrogen and oxygen atoms in total. The van der Waals surface area contributed by atoms with Crippen LogP contribution in [0.4, 0.5) is 11.4 Å². The highest BCUT2D eigenvalue weighted by Crippen LogP contribution is 2.20. The van der Waals surface area contributed by atoms with Crippen LogP contribution in [0.2, 0.25) is 0 Å². The minimum absolute atomic E-state index is 0.0412. The third-order valence-electron chi connectivity index (χ3n) is 2.61. The second-order valence-corrected chi connectivity index (χ2v) is 3.86. The van der Waals surface area contributed by atoms with E-state index in [1.165, 1.54) is 12.1 Å². The van der Waals surface area contributed by atoms with E-state index in [2.05, 4.69) is 5.32 Å². The van der Waals surface area contributed by atoms with Gasteiger partial charge in [-0.3, -0.25) is 14.9 Å². The Bertz CT molecular complexity index is 477. The fourth-order valence-electron chi connectivity index (χ4n) is 1.70. The molecular weight excluding hydrogens is 220 g/mol. The van der Waals surface area contributed by atoms with Gasteiger partial charge in [0.2, 0.25) is 0 Å². The first-order valence-electron chi connectivity index (χ1n) is 5.41. The zero-order valence-corrected chi connectivity index (χ0v) is 9.18. The molecule has 0 atom stereocenters. The molecule has 1 N–H and O–H groups in total. The summed E-state index contributed by atoms with van der Waals surface area (Å²) in [5.74, 6) is 0.0922. The van der Waals surface area contributed by atoms with E-state index in [1.807, 2.05) is 6.08 Å². The minimum atomic E-state index is -0.450. The van der Waals surface area contributed by atoms with E-state index in [9.17, 15) is 14.9 Å². The summed E-state index contributed by atoms with van der Waals surface area (Å²) in [6.45, 7) is 0. The number of anilines is 1. The molecule has 0 unspecified atom stereocenters. The molecule has 0 saturated carbocycles. The molecule has 0 fully saturated rings. The van der Waals surface area contributed by atoms with Crippen LogP contribution < -0.4 is 5.32 Å². The monoisotopic (exact) mass is 232 g/mol. The lowest BCUT2D eigenvalue weighted by Crippen LogP contribution is -2.14. The smallest absolute Gasteiger partial charge is 0.269 e. The highest BCUT2D eigenvalue weighted by molar-refractivity contribution is 5.98. The van der Waals surface area contributed by atoms with Crippen LogP contribution in [0, 0.1) is 10.1 Å². The highest BCUT2D eigenvalue weighted by Gasteiger charge is 2.13. The lowest BCUT2D eigenvalue weighted by Gasteiger charge is -2.13. The number of nitrogens with one attached hydrogen (secondary N) is 1. The zero-order valence-electron chi connectivity index (χ0n) is 9.18. The molecule has 0 bridgehead atoms. The van der Waals surface area contributed by atoms with Crippen molar-refractivity contribution in [2.75, 3.05) is 5.32 Å². The van der Waals surface area contributed by atoms with Gasteiger partial charge in [0.15, 0.2) is 5.78 Å². The van der Waals surface area contributed by atoms with E-state index >= 15 is 0 Å². The average molecular weight is 232 g/mol. The first-order valence-corrected chi connectivity index (χ1v) is 5.41. The van der Waals surface area contributed by atoms with Gasteiger partial charge in [-0.15, -0.1) is 0 Å². The SMILES string of the molecule is O=C1CCCC=C1Nc1ccc([N+](=O)[O-])cc1. The summed E-state index contributed by atoms with van der Waals surface area (Å²) >= 11 is 0. The number of allylic oxidation sites excluding steroid dienone is 2. The highest BCUT2D eigenvalue weighted by atomic mass is 16.6. The van der Waals surface area contributed by atoms with Crippen LogP contribution >= 0.6 is 0 Å². The Hall–Kier alpha value is -2.17. The number of Topliss-reactive ketones (excluding diaryl/α,β-unsaturated/α-hetero) is 1. The fraction of sp³-hybridized carbons (Fsp3) is 0.250. The molecule has 2 rings (SSSR count). The molecule has 0 aromatic heterocycles. The standard InChI is InChI=1S/C12H12N2O3/c15-12-4-2-1-3-11(12)13-9-5-7-10(8-6-9)14(16)17/h3,5-8,13H,1-2,4H2. The maximum atomic E-state index is 11.5. The van der Waals surface area contributed by atoms with E-state index in [0.29, 0.717) is 17.8 Å². The third-order valence-corrected chi connectivity index (χ3v) is 2.61.